The zero-order valence-electron chi connectivity index (χ0n) is 8.29. The van der Waals surface area contributed by atoms with E-state index in [1.807, 2.05) is 0 Å². The summed E-state index contributed by atoms with van der Waals surface area (Å²) in [5.74, 6) is -2.04. The molecule has 0 N–H and O–H groups in total. The minimum Gasteiger partial charge on any atom is -0.550 e. The molecule has 0 aromatic rings. The Morgan fingerprint density at radius 2 is 1.00 bits per heavy atom. The van der Waals surface area contributed by atoms with Crippen LogP contribution < -0.4 is 10.2 Å². The number of unbranched alkanes of at least 4 members (excludes halogenated alkanes) is 4. The van der Waals surface area contributed by atoms with Crippen LogP contribution in [0, 0.1) is 0 Å². The Bertz CT molecular complexity index is 152. The van der Waals surface area contributed by atoms with Crippen LogP contribution >= 0.6 is 0 Å². The molecule has 0 spiro atoms. The smallest absolute Gasteiger partial charge is 0.550 e. The van der Waals surface area contributed by atoms with Crippen LogP contribution in [0.1, 0.15) is 44.9 Å². The van der Waals surface area contributed by atoms with E-state index in [1.165, 1.54) is 0 Å². The minimum atomic E-state index is -1.02. The fourth-order valence-electron chi connectivity index (χ4n) is 1.07. The molecule has 0 unspecified atom stereocenters. The summed E-state index contributed by atoms with van der Waals surface area (Å²) in [6.45, 7) is 0. The molecule has 0 atom stereocenters. The van der Waals surface area contributed by atoms with Gasteiger partial charge in [0.05, 0.1) is 0 Å². The number of carbonyl (C=O) groups is 2. The molecule has 0 amide bonds. The molecule has 0 saturated heterocycles. The van der Waals surface area contributed by atoms with Crippen molar-refractivity contribution >= 4 is 49.7 Å². The quantitative estimate of drug-likeness (QED) is 0.386. The molecule has 0 fully saturated rings. The second-order valence-electron chi connectivity index (χ2n) is 3.01. The molecule has 0 aliphatic heterocycles. The van der Waals surface area contributed by atoms with Crippen LogP contribution in [0.2, 0.25) is 0 Å². The maximum absolute atomic E-state index is 9.98. The van der Waals surface area contributed by atoms with Gasteiger partial charge in [-0.2, -0.15) is 0 Å². The van der Waals surface area contributed by atoms with E-state index in [1.54, 1.807) is 0 Å². The molecular formula is C9H14CaO4. The van der Waals surface area contributed by atoms with Crippen molar-refractivity contribution in [3.05, 3.63) is 0 Å². The van der Waals surface area contributed by atoms with Crippen LogP contribution in [0.3, 0.4) is 0 Å². The fraction of sp³-hybridized carbons (Fsp3) is 0.778. The van der Waals surface area contributed by atoms with Crippen molar-refractivity contribution in [1.29, 1.82) is 0 Å². The first-order chi connectivity index (χ1) is 6.13. The minimum absolute atomic E-state index is 0. The largest absolute Gasteiger partial charge is 2.00 e. The van der Waals surface area contributed by atoms with Crippen LogP contribution in [0.15, 0.2) is 0 Å². The maximum atomic E-state index is 9.98. The molecule has 0 aromatic carbocycles. The Morgan fingerprint density at radius 3 is 1.29 bits per heavy atom. The van der Waals surface area contributed by atoms with E-state index in [0.717, 1.165) is 19.3 Å². The Hall–Kier alpha value is 0.200. The normalized spacial score (nSPS) is 9.14. The van der Waals surface area contributed by atoms with E-state index in [4.69, 9.17) is 0 Å². The molecule has 0 aliphatic carbocycles. The summed E-state index contributed by atoms with van der Waals surface area (Å²) in [5, 5.41) is 20.0. The molecule has 0 rings (SSSR count). The Kier molecular flexibility index (Phi) is 13.4. The van der Waals surface area contributed by atoms with Gasteiger partial charge >= 0.3 is 37.7 Å². The summed E-state index contributed by atoms with van der Waals surface area (Å²) in [7, 11) is 0. The Labute approximate surface area is 114 Å². The third-order valence-electron chi connectivity index (χ3n) is 1.76. The van der Waals surface area contributed by atoms with E-state index in [-0.39, 0.29) is 50.6 Å². The van der Waals surface area contributed by atoms with E-state index >= 15 is 0 Å². The topological polar surface area (TPSA) is 80.3 Å². The first kappa shape index (κ1) is 16.6. The van der Waals surface area contributed by atoms with Crippen molar-refractivity contribution in [2.24, 2.45) is 0 Å². The standard InChI is InChI=1S/C9H16O4.Ca/c10-8(11)6-4-2-1-3-5-7-9(12)13;/h1-7H2,(H,10,11)(H,12,13);/q;+2/p-2. The van der Waals surface area contributed by atoms with E-state index in [2.05, 4.69) is 0 Å². The molecule has 0 radical (unpaired) electrons. The van der Waals surface area contributed by atoms with Gasteiger partial charge in [-0.3, -0.25) is 0 Å². The van der Waals surface area contributed by atoms with Gasteiger partial charge in [0.2, 0.25) is 0 Å². The predicted molar refractivity (Wildman–Crippen MR) is 48.1 cm³/mol. The van der Waals surface area contributed by atoms with Gasteiger partial charge in [0.25, 0.3) is 0 Å². The van der Waals surface area contributed by atoms with Gasteiger partial charge in [-0.25, -0.2) is 0 Å². The summed E-state index contributed by atoms with van der Waals surface area (Å²) in [4.78, 5) is 20.0. The van der Waals surface area contributed by atoms with Crippen molar-refractivity contribution in [3.8, 4) is 0 Å². The molecule has 4 nitrogen and oxygen atoms in total. The second kappa shape index (κ2) is 11.3. The van der Waals surface area contributed by atoms with E-state index in [0.29, 0.717) is 12.8 Å². The molecule has 0 heterocycles. The first-order valence-corrected chi connectivity index (χ1v) is 4.52. The van der Waals surface area contributed by atoms with Gasteiger partial charge in [-0.05, 0) is 25.7 Å². The molecule has 76 valence electrons. The maximum Gasteiger partial charge on any atom is 2.00 e. The molecule has 0 bridgehead atoms. The number of hydrogen-bond donors (Lipinski definition) is 0. The predicted octanol–water partition coefficient (Wildman–Crippen LogP) is -1.16. The van der Waals surface area contributed by atoms with E-state index in [9.17, 15) is 19.8 Å². The molecule has 14 heavy (non-hydrogen) atoms. The average molecular weight is 226 g/mol. The molecule has 5 heteroatoms. The van der Waals surface area contributed by atoms with Crippen LogP contribution in [0.25, 0.3) is 0 Å². The van der Waals surface area contributed by atoms with Crippen molar-refractivity contribution in [1.82, 2.24) is 0 Å². The van der Waals surface area contributed by atoms with Gasteiger partial charge in [0, 0.05) is 11.9 Å². The zero-order chi connectivity index (χ0) is 10.1. The summed E-state index contributed by atoms with van der Waals surface area (Å²) < 4.78 is 0. The van der Waals surface area contributed by atoms with Gasteiger partial charge < -0.3 is 19.8 Å². The SMILES string of the molecule is O=C([O-])CCCCCCCC(=O)[O-].[Ca+2]. The summed E-state index contributed by atoms with van der Waals surface area (Å²) in [5.41, 5.74) is 0. The average Bonchev–Trinajstić information content (AvgIpc) is 2.01. The number of carboxylic acid groups (broad SMARTS) is 2. The van der Waals surface area contributed by atoms with Crippen LogP contribution in [0.4, 0.5) is 0 Å². The van der Waals surface area contributed by atoms with Gasteiger partial charge in [-0.1, -0.05) is 19.3 Å². The number of carboxylic acids is 2. The number of rotatable bonds is 8. The third kappa shape index (κ3) is 14.7. The number of hydrogen-bond acceptors (Lipinski definition) is 4. The summed E-state index contributed by atoms with van der Waals surface area (Å²) in [6.07, 6.45) is 3.95. The van der Waals surface area contributed by atoms with Gasteiger partial charge in [0.15, 0.2) is 0 Å². The Balaban J connectivity index is 0. The van der Waals surface area contributed by atoms with Crippen molar-refractivity contribution in [2.45, 2.75) is 44.9 Å². The van der Waals surface area contributed by atoms with Crippen molar-refractivity contribution in [3.63, 3.8) is 0 Å². The van der Waals surface area contributed by atoms with Gasteiger partial charge in [0.1, 0.15) is 0 Å². The molecule has 0 saturated carbocycles. The van der Waals surface area contributed by atoms with E-state index < -0.39 is 11.9 Å². The molecule has 0 aliphatic rings. The third-order valence-corrected chi connectivity index (χ3v) is 1.76. The Morgan fingerprint density at radius 1 is 0.714 bits per heavy atom. The molecular weight excluding hydrogens is 212 g/mol. The van der Waals surface area contributed by atoms with Crippen molar-refractivity contribution < 1.29 is 19.8 Å². The number of aliphatic carboxylic acids is 2. The van der Waals surface area contributed by atoms with Crippen LogP contribution in [-0.2, 0) is 9.59 Å². The second-order valence-corrected chi connectivity index (χ2v) is 3.01. The first-order valence-electron chi connectivity index (χ1n) is 4.52. The zero-order valence-corrected chi connectivity index (χ0v) is 10.5. The molecule has 0 aromatic heterocycles. The summed E-state index contributed by atoms with van der Waals surface area (Å²) in [6, 6.07) is 0. The van der Waals surface area contributed by atoms with Crippen LogP contribution in [0.5, 0.6) is 0 Å². The van der Waals surface area contributed by atoms with Crippen molar-refractivity contribution in [2.75, 3.05) is 0 Å². The van der Waals surface area contributed by atoms with Crippen LogP contribution in [-0.4, -0.2) is 49.7 Å². The monoisotopic (exact) mass is 226 g/mol. The fourth-order valence-corrected chi connectivity index (χ4v) is 1.07. The van der Waals surface area contributed by atoms with Gasteiger partial charge in [-0.15, -0.1) is 0 Å². The summed E-state index contributed by atoms with van der Waals surface area (Å²) >= 11 is 0. The number of carbonyl (C=O) groups excluding carboxylic acids is 2.